The van der Waals surface area contributed by atoms with Gasteiger partial charge in [-0.25, -0.2) is 5.10 Å². The minimum Gasteiger partial charge on any atom is -0.382 e. The molecule has 15 heavy (non-hydrogen) atoms. The van der Waals surface area contributed by atoms with Gasteiger partial charge in [0.1, 0.15) is 4.47 Å². The fraction of sp³-hybridized carbons (Fsp3) is 0.375. The lowest BCUT2D eigenvalue weighted by atomic mass is 10.4. The quantitative estimate of drug-likeness (QED) is 0.726. The molecule has 0 bridgehead atoms. The van der Waals surface area contributed by atoms with E-state index in [-0.39, 0.29) is 11.5 Å². The number of H-pyrrole nitrogens is 1. The van der Waals surface area contributed by atoms with Gasteiger partial charge in [0.25, 0.3) is 5.56 Å². The highest BCUT2D eigenvalue weighted by atomic mass is 79.9. The Morgan fingerprint density at radius 3 is 3.07 bits per heavy atom. The Labute approximate surface area is 94.6 Å². The van der Waals surface area contributed by atoms with Crippen molar-refractivity contribution >= 4 is 27.5 Å². The molecule has 1 amide bonds. The molecule has 0 fully saturated rings. The van der Waals surface area contributed by atoms with Gasteiger partial charge in [-0.1, -0.05) is 0 Å². The number of aromatic amines is 1. The molecular formula is C8H11BrN4O2. The Hall–Kier alpha value is -1.37. The number of nitrogens with one attached hydrogen (secondary N) is 3. The van der Waals surface area contributed by atoms with Crippen LogP contribution in [0.1, 0.15) is 6.42 Å². The first-order valence-corrected chi connectivity index (χ1v) is 5.12. The number of carbonyl (C=O) groups is 1. The maximum atomic E-state index is 11.1. The molecule has 1 aromatic heterocycles. The van der Waals surface area contributed by atoms with Crippen molar-refractivity contribution in [1.29, 1.82) is 0 Å². The number of hydrogen-bond acceptors (Lipinski definition) is 4. The Morgan fingerprint density at radius 1 is 1.67 bits per heavy atom. The second-order valence-corrected chi connectivity index (χ2v) is 3.57. The highest BCUT2D eigenvalue weighted by Gasteiger charge is 2.04. The fourth-order valence-electron chi connectivity index (χ4n) is 0.942. The van der Waals surface area contributed by atoms with Gasteiger partial charge in [-0.15, -0.1) is 0 Å². The zero-order valence-electron chi connectivity index (χ0n) is 8.13. The maximum absolute atomic E-state index is 11.1. The van der Waals surface area contributed by atoms with E-state index in [0.29, 0.717) is 23.1 Å². The molecule has 1 heterocycles. The zero-order valence-corrected chi connectivity index (χ0v) is 9.72. The Balaban J connectivity index is 2.55. The number of amides is 1. The summed E-state index contributed by atoms with van der Waals surface area (Å²) in [6, 6.07) is 0. The average Bonchev–Trinajstić information content (AvgIpc) is 2.24. The molecule has 0 aromatic carbocycles. The SMILES string of the molecule is CNC(=O)CCNc1cn[nH]c(=O)c1Br. The highest BCUT2D eigenvalue weighted by molar-refractivity contribution is 9.10. The first-order valence-electron chi connectivity index (χ1n) is 4.32. The lowest BCUT2D eigenvalue weighted by Gasteiger charge is -2.05. The molecule has 3 N–H and O–H groups in total. The monoisotopic (exact) mass is 274 g/mol. The van der Waals surface area contributed by atoms with E-state index in [1.54, 1.807) is 7.05 Å². The molecule has 0 spiro atoms. The van der Waals surface area contributed by atoms with Crippen LogP contribution >= 0.6 is 15.9 Å². The van der Waals surface area contributed by atoms with E-state index < -0.39 is 0 Å². The summed E-state index contributed by atoms with van der Waals surface area (Å²) in [5.74, 6) is -0.0589. The zero-order chi connectivity index (χ0) is 11.3. The maximum Gasteiger partial charge on any atom is 0.280 e. The van der Waals surface area contributed by atoms with Gasteiger partial charge < -0.3 is 10.6 Å². The van der Waals surface area contributed by atoms with Crippen molar-refractivity contribution in [2.45, 2.75) is 6.42 Å². The number of anilines is 1. The minimum atomic E-state index is -0.306. The van der Waals surface area contributed by atoms with Gasteiger partial charge in [0.15, 0.2) is 0 Å². The third-order valence-corrected chi connectivity index (χ3v) is 2.53. The van der Waals surface area contributed by atoms with Crippen LogP contribution in [0.2, 0.25) is 0 Å². The molecule has 1 rings (SSSR count). The molecule has 0 aliphatic carbocycles. The largest absolute Gasteiger partial charge is 0.382 e. The second-order valence-electron chi connectivity index (χ2n) is 2.78. The summed E-state index contributed by atoms with van der Waals surface area (Å²) in [4.78, 5) is 22.0. The van der Waals surface area contributed by atoms with Crippen molar-refractivity contribution in [3.63, 3.8) is 0 Å². The van der Waals surface area contributed by atoms with Gasteiger partial charge in [0.05, 0.1) is 11.9 Å². The summed E-state index contributed by atoms with van der Waals surface area (Å²) in [6.45, 7) is 0.448. The van der Waals surface area contributed by atoms with Gasteiger partial charge in [0, 0.05) is 20.0 Å². The molecule has 0 saturated carbocycles. The summed E-state index contributed by atoms with van der Waals surface area (Å²) in [7, 11) is 1.58. The molecule has 0 aliphatic heterocycles. The van der Waals surface area contributed by atoms with Crippen LogP contribution in [0.5, 0.6) is 0 Å². The average molecular weight is 275 g/mol. The van der Waals surface area contributed by atoms with E-state index in [2.05, 4.69) is 36.8 Å². The molecule has 7 heteroatoms. The van der Waals surface area contributed by atoms with Crippen LogP contribution in [-0.4, -0.2) is 29.7 Å². The van der Waals surface area contributed by atoms with Crippen molar-refractivity contribution < 1.29 is 4.79 Å². The van der Waals surface area contributed by atoms with E-state index in [1.165, 1.54) is 6.20 Å². The van der Waals surface area contributed by atoms with E-state index >= 15 is 0 Å². The number of carbonyl (C=O) groups excluding carboxylic acids is 1. The van der Waals surface area contributed by atoms with Crippen LogP contribution in [0, 0.1) is 0 Å². The van der Waals surface area contributed by atoms with E-state index in [9.17, 15) is 9.59 Å². The summed E-state index contributed by atoms with van der Waals surface area (Å²) in [5.41, 5.74) is 0.266. The van der Waals surface area contributed by atoms with Crippen LogP contribution < -0.4 is 16.2 Å². The van der Waals surface area contributed by atoms with E-state index in [0.717, 1.165) is 0 Å². The predicted octanol–water partition coefficient (Wildman–Crippen LogP) is 0.0804. The third kappa shape index (κ3) is 3.35. The molecule has 0 saturated heterocycles. The molecule has 0 radical (unpaired) electrons. The lowest BCUT2D eigenvalue weighted by molar-refractivity contribution is -0.120. The summed E-state index contributed by atoms with van der Waals surface area (Å²) in [5, 5.41) is 11.3. The van der Waals surface area contributed by atoms with Crippen LogP contribution in [0.3, 0.4) is 0 Å². The first-order chi connectivity index (χ1) is 7.15. The van der Waals surface area contributed by atoms with Crippen molar-refractivity contribution in [2.75, 3.05) is 18.9 Å². The van der Waals surface area contributed by atoms with Gasteiger partial charge in [0.2, 0.25) is 5.91 Å². The van der Waals surface area contributed by atoms with Gasteiger partial charge in [-0.3, -0.25) is 9.59 Å². The predicted molar refractivity (Wildman–Crippen MR) is 59.7 cm³/mol. The van der Waals surface area contributed by atoms with Gasteiger partial charge in [-0.2, -0.15) is 5.10 Å². The third-order valence-electron chi connectivity index (χ3n) is 1.74. The molecule has 0 atom stereocenters. The number of nitrogens with zero attached hydrogens (tertiary/aromatic N) is 1. The minimum absolute atomic E-state index is 0.0589. The van der Waals surface area contributed by atoms with Crippen LogP contribution in [0.4, 0.5) is 5.69 Å². The molecule has 0 unspecified atom stereocenters. The Morgan fingerprint density at radius 2 is 2.40 bits per heavy atom. The topological polar surface area (TPSA) is 86.9 Å². The Kier molecular flexibility index (Phi) is 4.29. The second kappa shape index (κ2) is 5.50. The van der Waals surface area contributed by atoms with E-state index in [4.69, 9.17) is 0 Å². The number of halogens is 1. The number of aromatic nitrogens is 2. The summed E-state index contributed by atoms with van der Waals surface area (Å²) in [6.07, 6.45) is 1.82. The number of rotatable bonds is 4. The van der Waals surface area contributed by atoms with Crippen molar-refractivity contribution in [3.05, 3.63) is 21.0 Å². The first kappa shape index (κ1) is 11.7. The van der Waals surface area contributed by atoms with Gasteiger partial charge in [-0.05, 0) is 15.9 Å². The fourth-order valence-corrected chi connectivity index (χ4v) is 1.27. The standard InChI is InChI=1S/C8H11BrN4O2/c1-10-6(14)2-3-11-5-4-12-13-8(15)7(5)9/h4H,2-3H2,1H3,(H,10,14)(H2,11,13,15). The molecule has 82 valence electrons. The smallest absolute Gasteiger partial charge is 0.280 e. The molecular weight excluding hydrogens is 264 g/mol. The van der Waals surface area contributed by atoms with Crippen LogP contribution in [-0.2, 0) is 4.79 Å². The van der Waals surface area contributed by atoms with Crippen molar-refractivity contribution in [3.8, 4) is 0 Å². The van der Waals surface area contributed by atoms with E-state index in [1.807, 2.05) is 0 Å². The van der Waals surface area contributed by atoms with Gasteiger partial charge >= 0.3 is 0 Å². The summed E-state index contributed by atoms with van der Waals surface area (Å²) >= 11 is 3.12. The molecule has 6 nitrogen and oxygen atoms in total. The highest BCUT2D eigenvalue weighted by Crippen LogP contribution is 2.14. The lowest BCUT2D eigenvalue weighted by Crippen LogP contribution is -2.21. The number of hydrogen-bond donors (Lipinski definition) is 3. The molecule has 1 aromatic rings. The summed E-state index contributed by atoms with van der Waals surface area (Å²) < 4.78 is 0.384. The van der Waals surface area contributed by atoms with Crippen molar-refractivity contribution in [1.82, 2.24) is 15.5 Å². The normalized spacial score (nSPS) is 9.73. The van der Waals surface area contributed by atoms with Crippen LogP contribution in [0.25, 0.3) is 0 Å². The Bertz CT molecular complexity index is 404. The van der Waals surface area contributed by atoms with Crippen molar-refractivity contribution in [2.24, 2.45) is 0 Å². The molecule has 0 aliphatic rings. The van der Waals surface area contributed by atoms with Crippen LogP contribution in [0.15, 0.2) is 15.5 Å².